The SMILES string of the molecule is CCC(O)CN(CC(=O)Nc1cc(C)no1)c1ccccc1. The minimum atomic E-state index is -0.486. The Morgan fingerprint density at radius 2 is 2.14 bits per heavy atom. The average molecular weight is 303 g/mol. The predicted molar refractivity (Wildman–Crippen MR) is 84.8 cm³/mol. The number of carbonyl (C=O) groups is 1. The molecule has 0 spiro atoms. The van der Waals surface area contributed by atoms with Crippen molar-refractivity contribution in [1.82, 2.24) is 5.16 Å². The predicted octanol–water partition coefficient (Wildman–Crippen LogP) is 2.20. The first-order valence-electron chi connectivity index (χ1n) is 7.29. The average Bonchev–Trinajstić information content (AvgIpc) is 2.92. The van der Waals surface area contributed by atoms with Gasteiger partial charge >= 0.3 is 0 Å². The van der Waals surface area contributed by atoms with Crippen LogP contribution in [0.4, 0.5) is 11.6 Å². The number of amides is 1. The highest BCUT2D eigenvalue weighted by molar-refractivity contribution is 5.92. The molecule has 0 saturated heterocycles. The van der Waals surface area contributed by atoms with Crippen molar-refractivity contribution in [2.45, 2.75) is 26.4 Å². The fourth-order valence-electron chi connectivity index (χ4n) is 2.06. The highest BCUT2D eigenvalue weighted by atomic mass is 16.5. The topological polar surface area (TPSA) is 78.6 Å². The number of hydrogen-bond acceptors (Lipinski definition) is 5. The van der Waals surface area contributed by atoms with E-state index in [0.29, 0.717) is 24.5 Å². The van der Waals surface area contributed by atoms with E-state index in [-0.39, 0.29) is 12.5 Å². The monoisotopic (exact) mass is 303 g/mol. The highest BCUT2D eigenvalue weighted by Crippen LogP contribution is 2.15. The van der Waals surface area contributed by atoms with Crippen LogP contribution in [0.25, 0.3) is 0 Å². The largest absolute Gasteiger partial charge is 0.391 e. The van der Waals surface area contributed by atoms with E-state index >= 15 is 0 Å². The molecule has 2 aromatic rings. The van der Waals surface area contributed by atoms with Crippen LogP contribution < -0.4 is 10.2 Å². The minimum Gasteiger partial charge on any atom is -0.391 e. The molecule has 1 atom stereocenters. The molecule has 1 aromatic carbocycles. The number of aryl methyl sites for hydroxylation is 1. The summed E-state index contributed by atoms with van der Waals surface area (Å²) in [5.74, 6) is 0.106. The number of anilines is 2. The van der Waals surface area contributed by atoms with E-state index in [0.717, 1.165) is 5.69 Å². The molecule has 0 saturated carbocycles. The number of aliphatic hydroxyl groups excluding tert-OH is 1. The van der Waals surface area contributed by atoms with Crippen LogP contribution in [0.3, 0.4) is 0 Å². The smallest absolute Gasteiger partial charge is 0.246 e. The molecule has 6 heteroatoms. The molecule has 0 fully saturated rings. The molecule has 2 rings (SSSR count). The number of rotatable bonds is 7. The van der Waals surface area contributed by atoms with E-state index in [9.17, 15) is 9.90 Å². The quantitative estimate of drug-likeness (QED) is 0.820. The van der Waals surface area contributed by atoms with Crippen LogP contribution in [0.1, 0.15) is 19.0 Å². The third-order valence-electron chi connectivity index (χ3n) is 3.25. The summed E-state index contributed by atoms with van der Waals surface area (Å²) in [4.78, 5) is 14.0. The normalized spacial score (nSPS) is 12.0. The zero-order valence-corrected chi connectivity index (χ0v) is 12.8. The Balaban J connectivity index is 2.03. The Morgan fingerprint density at radius 3 is 2.73 bits per heavy atom. The van der Waals surface area contributed by atoms with Crippen LogP contribution in [0.5, 0.6) is 0 Å². The van der Waals surface area contributed by atoms with Crippen molar-refractivity contribution in [3.8, 4) is 0 Å². The van der Waals surface area contributed by atoms with E-state index in [1.54, 1.807) is 13.0 Å². The van der Waals surface area contributed by atoms with Gasteiger partial charge in [0.05, 0.1) is 18.3 Å². The van der Waals surface area contributed by atoms with Crippen molar-refractivity contribution < 1.29 is 14.4 Å². The number of aliphatic hydroxyl groups is 1. The van der Waals surface area contributed by atoms with Gasteiger partial charge in [0.15, 0.2) is 0 Å². The van der Waals surface area contributed by atoms with Gasteiger partial charge in [-0.1, -0.05) is 30.3 Å². The summed E-state index contributed by atoms with van der Waals surface area (Å²) in [7, 11) is 0. The maximum absolute atomic E-state index is 12.2. The molecule has 1 amide bonds. The van der Waals surface area contributed by atoms with E-state index < -0.39 is 6.10 Å². The van der Waals surface area contributed by atoms with Gasteiger partial charge in [0.1, 0.15) is 0 Å². The first kappa shape index (κ1) is 16.0. The summed E-state index contributed by atoms with van der Waals surface area (Å²) in [6, 6.07) is 11.2. The van der Waals surface area contributed by atoms with Gasteiger partial charge in [0.2, 0.25) is 11.8 Å². The lowest BCUT2D eigenvalue weighted by Crippen LogP contribution is -2.38. The Kier molecular flexibility index (Phi) is 5.55. The number of aromatic nitrogens is 1. The van der Waals surface area contributed by atoms with Gasteiger partial charge in [0, 0.05) is 18.3 Å². The standard InChI is InChI=1S/C16H21N3O3/c1-3-14(20)10-19(13-7-5-4-6-8-13)11-15(21)17-16-9-12(2)18-22-16/h4-9,14,20H,3,10-11H2,1-2H3,(H,17,21). The molecule has 118 valence electrons. The molecule has 1 heterocycles. The molecule has 1 aromatic heterocycles. The molecule has 1 unspecified atom stereocenters. The number of benzene rings is 1. The zero-order valence-electron chi connectivity index (χ0n) is 12.8. The van der Waals surface area contributed by atoms with Crippen LogP contribution in [-0.2, 0) is 4.79 Å². The van der Waals surface area contributed by atoms with Crippen molar-refractivity contribution >= 4 is 17.5 Å². The fourth-order valence-corrected chi connectivity index (χ4v) is 2.06. The van der Waals surface area contributed by atoms with Crippen molar-refractivity contribution in [2.24, 2.45) is 0 Å². The van der Waals surface area contributed by atoms with E-state index in [1.165, 1.54) is 0 Å². The van der Waals surface area contributed by atoms with Gasteiger partial charge in [-0.2, -0.15) is 0 Å². The van der Waals surface area contributed by atoms with Gasteiger partial charge < -0.3 is 14.5 Å². The van der Waals surface area contributed by atoms with Gasteiger partial charge in [-0.15, -0.1) is 0 Å². The lowest BCUT2D eigenvalue weighted by atomic mass is 10.2. The second-order valence-corrected chi connectivity index (χ2v) is 5.16. The molecular weight excluding hydrogens is 282 g/mol. The number of para-hydroxylation sites is 1. The van der Waals surface area contributed by atoms with Gasteiger partial charge in [-0.25, -0.2) is 0 Å². The molecular formula is C16H21N3O3. The van der Waals surface area contributed by atoms with E-state index in [1.807, 2.05) is 42.2 Å². The number of hydrogen-bond donors (Lipinski definition) is 2. The van der Waals surface area contributed by atoms with Crippen LogP contribution in [0.2, 0.25) is 0 Å². The number of nitrogens with one attached hydrogen (secondary N) is 1. The minimum absolute atomic E-state index is 0.126. The number of nitrogens with zero attached hydrogens (tertiary/aromatic N) is 2. The fraction of sp³-hybridized carbons (Fsp3) is 0.375. The van der Waals surface area contributed by atoms with Crippen LogP contribution in [0.15, 0.2) is 40.9 Å². The Bertz CT molecular complexity index is 598. The first-order chi connectivity index (χ1) is 10.6. The summed E-state index contributed by atoms with van der Waals surface area (Å²) in [6.45, 7) is 4.21. The third kappa shape index (κ3) is 4.60. The van der Waals surface area contributed by atoms with Crippen molar-refractivity contribution in [3.05, 3.63) is 42.1 Å². The maximum Gasteiger partial charge on any atom is 0.246 e. The second kappa shape index (κ2) is 7.61. The lowest BCUT2D eigenvalue weighted by molar-refractivity contribution is -0.115. The summed E-state index contributed by atoms with van der Waals surface area (Å²) in [6.07, 6.45) is 0.146. The molecule has 6 nitrogen and oxygen atoms in total. The molecule has 0 radical (unpaired) electrons. The van der Waals surface area contributed by atoms with Crippen molar-refractivity contribution in [3.63, 3.8) is 0 Å². The first-order valence-corrected chi connectivity index (χ1v) is 7.29. The Hall–Kier alpha value is -2.34. The molecule has 22 heavy (non-hydrogen) atoms. The Morgan fingerprint density at radius 1 is 1.41 bits per heavy atom. The van der Waals surface area contributed by atoms with Gasteiger partial charge in [-0.3, -0.25) is 10.1 Å². The van der Waals surface area contributed by atoms with E-state index in [4.69, 9.17) is 4.52 Å². The molecule has 0 aliphatic heterocycles. The molecule has 2 N–H and O–H groups in total. The molecule has 0 bridgehead atoms. The van der Waals surface area contributed by atoms with Gasteiger partial charge in [0.25, 0.3) is 0 Å². The lowest BCUT2D eigenvalue weighted by Gasteiger charge is -2.26. The summed E-state index contributed by atoms with van der Waals surface area (Å²) in [5.41, 5.74) is 1.59. The van der Waals surface area contributed by atoms with Crippen molar-refractivity contribution in [2.75, 3.05) is 23.3 Å². The maximum atomic E-state index is 12.2. The number of carbonyl (C=O) groups excluding carboxylic acids is 1. The molecule has 0 aliphatic rings. The second-order valence-electron chi connectivity index (χ2n) is 5.16. The highest BCUT2D eigenvalue weighted by Gasteiger charge is 2.16. The third-order valence-corrected chi connectivity index (χ3v) is 3.25. The summed E-state index contributed by atoms with van der Waals surface area (Å²) >= 11 is 0. The molecule has 0 aliphatic carbocycles. The summed E-state index contributed by atoms with van der Waals surface area (Å²) < 4.78 is 4.97. The van der Waals surface area contributed by atoms with Crippen LogP contribution in [0, 0.1) is 6.92 Å². The van der Waals surface area contributed by atoms with Crippen LogP contribution >= 0.6 is 0 Å². The zero-order chi connectivity index (χ0) is 15.9. The van der Waals surface area contributed by atoms with Crippen LogP contribution in [-0.4, -0.2) is 35.4 Å². The Labute approximate surface area is 129 Å². The van der Waals surface area contributed by atoms with Crippen molar-refractivity contribution in [1.29, 1.82) is 0 Å². The van der Waals surface area contributed by atoms with E-state index in [2.05, 4.69) is 10.5 Å². The summed E-state index contributed by atoms with van der Waals surface area (Å²) in [5, 5.41) is 16.3. The van der Waals surface area contributed by atoms with Gasteiger partial charge in [-0.05, 0) is 25.5 Å².